The van der Waals surface area contributed by atoms with Crippen molar-refractivity contribution in [2.75, 3.05) is 7.05 Å². The van der Waals surface area contributed by atoms with E-state index < -0.39 is 0 Å². The van der Waals surface area contributed by atoms with E-state index in [2.05, 4.69) is 5.10 Å². The zero-order valence-corrected chi connectivity index (χ0v) is 7.10. The zero-order chi connectivity index (χ0) is 7.02. The molecule has 1 unspecified atom stereocenters. The van der Waals surface area contributed by atoms with Gasteiger partial charge in [0, 0.05) is 12.8 Å². The van der Waals surface area contributed by atoms with Crippen molar-refractivity contribution in [3.05, 3.63) is 0 Å². The maximum absolute atomic E-state index is 10.9. The number of hydrogen-bond donors (Lipinski definition) is 0. The van der Waals surface area contributed by atoms with Gasteiger partial charge in [-0.3, -0.25) is 4.79 Å². The molecule has 58 valence electrons. The van der Waals surface area contributed by atoms with Crippen LogP contribution >= 0.6 is 12.4 Å². The lowest BCUT2D eigenvalue weighted by Gasteiger charge is -2.02. The van der Waals surface area contributed by atoms with Crippen LogP contribution in [0, 0.1) is 5.92 Å². The number of carbonyl (C=O) groups excluding carboxylic acids is 1. The van der Waals surface area contributed by atoms with E-state index in [-0.39, 0.29) is 24.2 Å². The predicted octanol–water partition coefficient (Wildman–Crippen LogP) is 0.892. The van der Waals surface area contributed by atoms with E-state index in [1.165, 1.54) is 5.01 Å². The number of hydrazone groups is 1. The number of hydrogen-bond acceptors (Lipinski definition) is 2. The molecule has 1 aliphatic heterocycles. The van der Waals surface area contributed by atoms with Crippen LogP contribution in [0.3, 0.4) is 0 Å². The van der Waals surface area contributed by atoms with Crippen molar-refractivity contribution in [2.45, 2.75) is 13.8 Å². The summed E-state index contributed by atoms with van der Waals surface area (Å²) in [5.74, 6) is 0.0856. The Labute approximate surface area is 66.5 Å². The first-order valence-electron chi connectivity index (χ1n) is 2.95. The van der Waals surface area contributed by atoms with Crippen LogP contribution in [0.15, 0.2) is 5.10 Å². The molecule has 10 heavy (non-hydrogen) atoms. The van der Waals surface area contributed by atoms with E-state index in [0.29, 0.717) is 0 Å². The molecule has 0 aromatic carbocycles. The molecule has 0 spiro atoms. The molecule has 0 bridgehead atoms. The Morgan fingerprint density at radius 1 is 1.60 bits per heavy atom. The highest BCUT2D eigenvalue weighted by atomic mass is 35.5. The van der Waals surface area contributed by atoms with Crippen LogP contribution in [-0.2, 0) is 4.79 Å². The SMILES string of the molecule is CC1=NN(C)C(=O)C1C.Cl. The average molecular weight is 163 g/mol. The Morgan fingerprint density at radius 3 is 2.20 bits per heavy atom. The standard InChI is InChI=1S/C6H10N2O.ClH/c1-4-5(2)7-8(3)6(4)9;/h4H,1-3H3;1H. The fraction of sp³-hybridized carbons (Fsp3) is 0.667. The third-order valence-corrected chi connectivity index (χ3v) is 1.62. The Kier molecular flexibility index (Phi) is 2.84. The van der Waals surface area contributed by atoms with E-state index in [9.17, 15) is 4.79 Å². The molecule has 1 rings (SSSR count). The molecule has 0 aromatic rings. The van der Waals surface area contributed by atoms with Gasteiger partial charge < -0.3 is 0 Å². The van der Waals surface area contributed by atoms with Gasteiger partial charge in [0.25, 0.3) is 5.91 Å². The van der Waals surface area contributed by atoms with Gasteiger partial charge in [0.15, 0.2) is 0 Å². The fourth-order valence-corrected chi connectivity index (χ4v) is 0.831. The lowest BCUT2D eigenvalue weighted by Crippen LogP contribution is -2.21. The Hall–Kier alpha value is -0.570. The summed E-state index contributed by atoms with van der Waals surface area (Å²) in [5.41, 5.74) is 0.905. The highest BCUT2D eigenvalue weighted by Gasteiger charge is 2.25. The minimum absolute atomic E-state index is 0. The molecule has 4 heteroatoms. The predicted molar refractivity (Wildman–Crippen MR) is 42.3 cm³/mol. The van der Waals surface area contributed by atoms with Crippen molar-refractivity contribution in [3.8, 4) is 0 Å². The van der Waals surface area contributed by atoms with E-state index in [0.717, 1.165) is 5.71 Å². The van der Waals surface area contributed by atoms with Crippen LogP contribution in [0.1, 0.15) is 13.8 Å². The third-order valence-electron chi connectivity index (χ3n) is 1.62. The van der Waals surface area contributed by atoms with Crippen LogP contribution in [0.2, 0.25) is 0 Å². The molecule has 0 aliphatic carbocycles. The second kappa shape index (κ2) is 3.01. The lowest BCUT2D eigenvalue weighted by atomic mass is 10.1. The second-order valence-electron chi connectivity index (χ2n) is 2.32. The minimum Gasteiger partial charge on any atom is -0.272 e. The second-order valence-corrected chi connectivity index (χ2v) is 2.32. The van der Waals surface area contributed by atoms with Crippen molar-refractivity contribution < 1.29 is 4.79 Å². The van der Waals surface area contributed by atoms with Crippen LogP contribution in [0.5, 0.6) is 0 Å². The molecule has 0 saturated carbocycles. The summed E-state index contributed by atoms with van der Waals surface area (Å²) in [7, 11) is 1.68. The first-order valence-corrected chi connectivity index (χ1v) is 2.95. The summed E-state index contributed by atoms with van der Waals surface area (Å²) in [6, 6.07) is 0. The Morgan fingerprint density at radius 2 is 2.10 bits per heavy atom. The summed E-state index contributed by atoms with van der Waals surface area (Å²) in [6.07, 6.45) is 0. The number of rotatable bonds is 0. The normalized spacial score (nSPS) is 24.3. The maximum Gasteiger partial charge on any atom is 0.250 e. The molecule has 0 aromatic heterocycles. The van der Waals surface area contributed by atoms with Crippen molar-refractivity contribution in [3.63, 3.8) is 0 Å². The Balaban J connectivity index is 0.000000810. The fourth-order valence-electron chi connectivity index (χ4n) is 0.831. The molecule has 0 saturated heterocycles. The summed E-state index contributed by atoms with van der Waals surface area (Å²) < 4.78 is 0. The summed E-state index contributed by atoms with van der Waals surface area (Å²) in [4.78, 5) is 10.9. The molecule has 0 radical (unpaired) electrons. The zero-order valence-electron chi connectivity index (χ0n) is 6.29. The summed E-state index contributed by atoms with van der Waals surface area (Å²) in [6.45, 7) is 3.73. The van der Waals surface area contributed by atoms with Crippen LogP contribution < -0.4 is 0 Å². The molecule has 1 heterocycles. The smallest absolute Gasteiger partial charge is 0.250 e. The largest absolute Gasteiger partial charge is 0.272 e. The van der Waals surface area contributed by atoms with Crippen LogP contribution in [-0.4, -0.2) is 23.7 Å². The highest BCUT2D eigenvalue weighted by Crippen LogP contribution is 2.11. The molecular formula is C6H11ClN2O. The van der Waals surface area contributed by atoms with Gasteiger partial charge in [0.2, 0.25) is 0 Å². The average Bonchev–Trinajstić information content (AvgIpc) is 1.98. The van der Waals surface area contributed by atoms with Gasteiger partial charge in [-0.2, -0.15) is 5.10 Å². The van der Waals surface area contributed by atoms with Gasteiger partial charge in [-0.25, -0.2) is 5.01 Å². The van der Waals surface area contributed by atoms with Gasteiger partial charge in [-0.1, -0.05) is 0 Å². The first kappa shape index (κ1) is 9.43. The third kappa shape index (κ3) is 1.29. The van der Waals surface area contributed by atoms with Crippen LogP contribution in [0.4, 0.5) is 0 Å². The highest BCUT2D eigenvalue weighted by molar-refractivity contribution is 6.06. The molecule has 3 nitrogen and oxygen atoms in total. The monoisotopic (exact) mass is 162 g/mol. The molecule has 0 fully saturated rings. The quantitative estimate of drug-likeness (QED) is 0.521. The van der Waals surface area contributed by atoms with Gasteiger partial charge in [-0.05, 0) is 13.8 Å². The molecule has 1 amide bonds. The van der Waals surface area contributed by atoms with Crippen LogP contribution in [0.25, 0.3) is 0 Å². The van der Waals surface area contributed by atoms with Gasteiger partial charge in [-0.15, -0.1) is 12.4 Å². The van der Waals surface area contributed by atoms with Gasteiger partial charge in [0.1, 0.15) is 0 Å². The molecule has 1 atom stereocenters. The van der Waals surface area contributed by atoms with E-state index in [1.807, 2.05) is 13.8 Å². The van der Waals surface area contributed by atoms with Gasteiger partial charge >= 0.3 is 0 Å². The minimum atomic E-state index is -0.00463. The maximum atomic E-state index is 10.9. The summed E-state index contributed by atoms with van der Waals surface area (Å²) in [5, 5.41) is 5.34. The number of amides is 1. The topological polar surface area (TPSA) is 32.7 Å². The Bertz CT molecular complexity index is 179. The summed E-state index contributed by atoms with van der Waals surface area (Å²) >= 11 is 0. The lowest BCUT2D eigenvalue weighted by molar-refractivity contribution is -0.130. The van der Waals surface area contributed by atoms with Gasteiger partial charge in [0.05, 0.1) is 5.92 Å². The van der Waals surface area contributed by atoms with Crippen molar-refractivity contribution in [1.29, 1.82) is 0 Å². The van der Waals surface area contributed by atoms with E-state index in [4.69, 9.17) is 0 Å². The molecule has 0 N–H and O–H groups in total. The van der Waals surface area contributed by atoms with E-state index >= 15 is 0 Å². The number of nitrogens with zero attached hydrogens (tertiary/aromatic N) is 2. The molecule has 1 aliphatic rings. The van der Waals surface area contributed by atoms with Crippen molar-refractivity contribution in [1.82, 2.24) is 5.01 Å². The number of carbonyl (C=O) groups is 1. The number of halogens is 1. The van der Waals surface area contributed by atoms with Crippen molar-refractivity contribution >= 4 is 24.0 Å². The van der Waals surface area contributed by atoms with Crippen molar-refractivity contribution in [2.24, 2.45) is 11.0 Å². The van der Waals surface area contributed by atoms with E-state index in [1.54, 1.807) is 7.05 Å². The first-order chi connectivity index (χ1) is 4.13. The molecular weight excluding hydrogens is 152 g/mol.